The first-order valence-corrected chi connectivity index (χ1v) is 3.02. The van der Waals surface area contributed by atoms with Crippen LogP contribution in [0.4, 0.5) is 0 Å². The zero-order valence-electron chi connectivity index (χ0n) is 7.04. The maximum atomic E-state index is 10.2. The first-order chi connectivity index (χ1) is 7.01. The van der Waals surface area contributed by atoms with E-state index in [1.54, 1.807) is 15.0 Å². The van der Waals surface area contributed by atoms with Crippen molar-refractivity contribution in [3.63, 3.8) is 0 Å². The summed E-state index contributed by atoms with van der Waals surface area (Å²) in [6, 6.07) is 0. The average Bonchev–Trinajstić information content (AvgIpc) is 2.03. The van der Waals surface area contributed by atoms with Gasteiger partial charge in [0.15, 0.2) is 0 Å². The summed E-state index contributed by atoms with van der Waals surface area (Å²) in [5, 5.41) is 10.8. The molecule has 1 aromatic heterocycles. The lowest BCUT2D eigenvalue weighted by Gasteiger charge is -1.77. The van der Waals surface area contributed by atoms with Crippen LogP contribution in [0.15, 0.2) is 14.4 Å². The van der Waals surface area contributed by atoms with Crippen LogP contribution in [0.1, 0.15) is 7.43 Å². The summed E-state index contributed by atoms with van der Waals surface area (Å²) in [7, 11) is 0. The van der Waals surface area contributed by atoms with Gasteiger partial charge in [-0.15, -0.1) is 0 Å². The van der Waals surface area contributed by atoms with Crippen LogP contribution in [-0.4, -0.2) is 27.1 Å². The van der Waals surface area contributed by atoms with Gasteiger partial charge >= 0.3 is 17.1 Å². The fraction of sp³-hybridized carbons (Fsp3) is 0.167. The summed E-state index contributed by atoms with van der Waals surface area (Å²) in [5.41, 5.74) is -2.41. The first kappa shape index (κ1) is 18.9. The molecule has 0 aliphatic rings. The summed E-state index contributed by atoms with van der Waals surface area (Å²) in [6.07, 6.45) is 1.50. The van der Waals surface area contributed by atoms with Crippen molar-refractivity contribution in [1.82, 2.24) is 15.0 Å². The minimum atomic E-state index is -0.802. The average molecular weight is 231 g/mol. The largest absolute Gasteiger partial charge is 0.330 e. The van der Waals surface area contributed by atoms with Gasteiger partial charge in [0.2, 0.25) is 12.2 Å². The highest BCUT2D eigenvalue weighted by Crippen LogP contribution is 1.29. The number of nitrogens with one attached hydrogen (secondary N) is 5. The SMILES string of the molecule is C.N=C=O.N=C=O.O=c1[nH]c(=O)[nH]c(=O)[nH]1. The molecule has 10 nitrogen and oxygen atoms in total. The molecule has 0 fully saturated rings. The number of isocyanates is 2. The molecule has 0 aromatic carbocycles. The van der Waals surface area contributed by atoms with Gasteiger partial charge in [-0.3, -0.25) is 15.0 Å². The maximum Gasteiger partial charge on any atom is 0.330 e. The van der Waals surface area contributed by atoms with Crippen LogP contribution >= 0.6 is 0 Å². The molecule has 0 amide bonds. The number of H-pyrrole nitrogens is 3. The molecular formula is C6H9N5O5. The Kier molecular flexibility index (Phi) is 14.3. The normalized spacial score (nSPS) is 6.25. The second-order valence-electron chi connectivity index (χ2n) is 1.57. The second-order valence-corrected chi connectivity index (χ2v) is 1.57. The van der Waals surface area contributed by atoms with Gasteiger partial charge in [-0.25, -0.2) is 34.8 Å². The molecule has 0 atom stereocenters. The summed E-state index contributed by atoms with van der Waals surface area (Å²) in [4.78, 5) is 52.6. The Morgan fingerprint density at radius 1 is 0.750 bits per heavy atom. The van der Waals surface area contributed by atoms with Crippen LogP contribution in [0.3, 0.4) is 0 Å². The number of hydrogen-bond donors (Lipinski definition) is 5. The van der Waals surface area contributed by atoms with E-state index in [9.17, 15) is 14.4 Å². The van der Waals surface area contributed by atoms with E-state index in [0.29, 0.717) is 0 Å². The van der Waals surface area contributed by atoms with Crippen LogP contribution in [0.25, 0.3) is 0 Å². The Balaban J connectivity index is -0.000000207. The van der Waals surface area contributed by atoms with E-state index < -0.39 is 17.1 Å². The maximum absolute atomic E-state index is 10.2. The lowest BCUT2D eigenvalue weighted by atomic mass is 11.0. The lowest BCUT2D eigenvalue weighted by molar-refractivity contribution is 0.562. The Bertz CT molecular complexity index is 420. The van der Waals surface area contributed by atoms with Gasteiger partial charge in [-0.2, -0.15) is 0 Å². The Labute approximate surface area is 87.4 Å². The van der Waals surface area contributed by atoms with Gasteiger partial charge in [0, 0.05) is 0 Å². The highest BCUT2D eigenvalue weighted by atomic mass is 16.2. The van der Waals surface area contributed by atoms with Crippen molar-refractivity contribution < 1.29 is 9.59 Å². The van der Waals surface area contributed by atoms with Crippen LogP contribution in [0, 0.1) is 10.8 Å². The van der Waals surface area contributed by atoms with Crippen molar-refractivity contribution >= 4 is 12.2 Å². The molecule has 0 saturated carbocycles. The standard InChI is InChI=1S/C3H3N3O3.2CHNO.CH4/c7-1-4-2(8)6-3(9)5-1;2*2-1-3;/h(H3,4,5,6,7,8,9);2*2H;1H4. The van der Waals surface area contributed by atoms with Crippen molar-refractivity contribution in [2.75, 3.05) is 0 Å². The van der Waals surface area contributed by atoms with Crippen molar-refractivity contribution in [3.05, 3.63) is 31.5 Å². The van der Waals surface area contributed by atoms with Crippen molar-refractivity contribution in [2.45, 2.75) is 7.43 Å². The molecule has 0 aliphatic heterocycles. The topological polar surface area (TPSA) is 180 Å². The summed E-state index contributed by atoms with van der Waals surface area (Å²) in [6.45, 7) is 0. The highest BCUT2D eigenvalue weighted by molar-refractivity contribution is 5.26. The van der Waals surface area contributed by atoms with E-state index in [4.69, 9.17) is 20.4 Å². The van der Waals surface area contributed by atoms with E-state index in [1.807, 2.05) is 0 Å². The lowest BCUT2D eigenvalue weighted by Crippen LogP contribution is -2.34. The van der Waals surface area contributed by atoms with Crippen molar-refractivity contribution in [1.29, 1.82) is 10.8 Å². The smallest absolute Gasteiger partial charge is 0.259 e. The first-order valence-electron chi connectivity index (χ1n) is 3.02. The van der Waals surface area contributed by atoms with E-state index in [2.05, 4.69) is 0 Å². The van der Waals surface area contributed by atoms with Gasteiger partial charge in [-0.05, 0) is 0 Å². The van der Waals surface area contributed by atoms with E-state index in [-0.39, 0.29) is 7.43 Å². The Hall–Kier alpha value is -2.83. The molecule has 0 saturated heterocycles. The van der Waals surface area contributed by atoms with E-state index >= 15 is 0 Å². The summed E-state index contributed by atoms with van der Waals surface area (Å²) < 4.78 is 0. The summed E-state index contributed by atoms with van der Waals surface area (Å²) in [5.74, 6) is 0. The van der Waals surface area contributed by atoms with E-state index in [0.717, 1.165) is 12.2 Å². The monoisotopic (exact) mass is 231 g/mol. The highest BCUT2D eigenvalue weighted by Gasteiger charge is 1.84. The fourth-order valence-corrected chi connectivity index (χ4v) is 0.403. The van der Waals surface area contributed by atoms with Crippen LogP contribution in [0.2, 0.25) is 0 Å². The Morgan fingerprint density at radius 2 is 0.875 bits per heavy atom. The minimum absolute atomic E-state index is 0. The third-order valence-corrected chi connectivity index (χ3v) is 0.681. The van der Waals surface area contributed by atoms with Crippen LogP contribution in [-0.2, 0) is 9.59 Å². The third kappa shape index (κ3) is 13.7. The molecule has 88 valence electrons. The predicted octanol–water partition coefficient (Wildman–Crippen LogP) is -1.81. The van der Waals surface area contributed by atoms with Gasteiger partial charge in [-0.1, -0.05) is 7.43 Å². The number of aromatic nitrogens is 3. The molecule has 0 unspecified atom stereocenters. The summed E-state index contributed by atoms with van der Waals surface area (Å²) >= 11 is 0. The molecule has 10 heteroatoms. The van der Waals surface area contributed by atoms with Gasteiger partial charge < -0.3 is 0 Å². The number of hydrogen-bond acceptors (Lipinski definition) is 7. The fourth-order valence-electron chi connectivity index (χ4n) is 0.403. The molecule has 0 bridgehead atoms. The predicted molar refractivity (Wildman–Crippen MR) is 51.9 cm³/mol. The van der Waals surface area contributed by atoms with Crippen molar-refractivity contribution in [3.8, 4) is 0 Å². The zero-order valence-corrected chi connectivity index (χ0v) is 7.04. The zero-order chi connectivity index (χ0) is 12.3. The number of rotatable bonds is 0. The Morgan fingerprint density at radius 3 is 1.00 bits per heavy atom. The molecule has 1 aromatic rings. The van der Waals surface area contributed by atoms with Crippen LogP contribution in [0.5, 0.6) is 0 Å². The van der Waals surface area contributed by atoms with Crippen molar-refractivity contribution in [2.24, 2.45) is 0 Å². The molecule has 1 heterocycles. The third-order valence-electron chi connectivity index (χ3n) is 0.681. The molecule has 0 aliphatic carbocycles. The van der Waals surface area contributed by atoms with E-state index in [1.165, 1.54) is 0 Å². The number of aromatic amines is 3. The van der Waals surface area contributed by atoms with Crippen LogP contribution < -0.4 is 17.1 Å². The van der Waals surface area contributed by atoms with Gasteiger partial charge in [0.1, 0.15) is 0 Å². The molecular weight excluding hydrogens is 222 g/mol. The molecule has 16 heavy (non-hydrogen) atoms. The minimum Gasteiger partial charge on any atom is -0.259 e. The molecule has 0 spiro atoms. The van der Waals surface area contributed by atoms with Gasteiger partial charge in [0.05, 0.1) is 0 Å². The van der Waals surface area contributed by atoms with Gasteiger partial charge in [0.25, 0.3) is 0 Å². The number of carbonyl (C=O) groups excluding carboxylic acids is 2. The molecule has 0 radical (unpaired) electrons. The molecule has 5 N–H and O–H groups in total. The second kappa shape index (κ2) is 12.2. The molecule has 1 rings (SSSR count). The quantitative estimate of drug-likeness (QED) is 0.260.